The number of ether oxygens (including phenoxy) is 1. The standard InChI is InChI=1S/C19H26N4O2/c1-14-18(15(2)22(3)21-14)19(24)20-11-17-13-23(9-10-25-17)12-16-7-5-4-6-8-16/h4-8,17H,9-13H2,1-3H3,(H,20,24). The van der Waals surface area contributed by atoms with Crippen molar-refractivity contribution in [3.63, 3.8) is 0 Å². The molecule has 6 nitrogen and oxygen atoms in total. The molecule has 3 rings (SSSR count). The van der Waals surface area contributed by atoms with Gasteiger partial charge in [0.05, 0.1) is 24.0 Å². The molecule has 1 aliphatic rings. The number of nitrogens with one attached hydrogen (secondary N) is 1. The van der Waals surface area contributed by atoms with Gasteiger partial charge in [0.25, 0.3) is 5.91 Å². The Labute approximate surface area is 148 Å². The summed E-state index contributed by atoms with van der Waals surface area (Å²) in [4.78, 5) is 14.9. The van der Waals surface area contributed by atoms with E-state index in [1.807, 2.05) is 27.0 Å². The summed E-state index contributed by atoms with van der Waals surface area (Å²) in [5.41, 5.74) is 3.60. The second kappa shape index (κ2) is 7.80. The molecule has 1 atom stereocenters. The van der Waals surface area contributed by atoms with Crippen LogP contribution in [0.25, 0.3) is 0 Å². The van der Waals surface area contributed by atoms with Crippen LogP contribution in [0.3, 0.4) is 0 Å². The third kappa shape index (κ3) is 4.27. The van der Waals surface area contributed by atoms with Crippen molar-refractivity contribution in [3.05, 3.63) is 52.8 Å². The third-order valence-corrected chi connectivity index (χ3v) is 4.70. The first-order chi connectivity index (χ1) is 12.0. The summed E-state index contributed by atoms with van der Waals surface area (Å²) in [6.45, 7) is 7.63. The normalized spacial score (nSPS) is 18.3. The maximum absolute atomic E-state index is 12.5. The quantitative estimate of drug-likeness (QED) is 0.898. The average molecular weight is 342 g/mol. The lowest BCUT2D eigenvalue weighted by Gasteiger charge is -2.33. The molecule has 1 fully saturated rings. The molecule has 1 aromatic carbocycles. The molecule has 25 heavy (non-hydrogen) atoms. The number of amides is 1. The van der Waals surface area contributed by atoms with E-state index in [1.165, 1.54) is 5.56 Å². The van der Waals surface area contributed by atoms with Gasteiger partial charge >= 0.3 is 0 Å². The average Bonchev–Trinajstić information content (AvgIpc) is 2.86. The van der Waals surface area contributed by atoms with Gasteiger partial charge in [-0.2, -0.15) is 5.10 Å². The van der Waals surface area contributed by atoms with E-state index in [-0.39, 0.29) is 12.0 Å². The smallest absolute Gasteiger partial charge is 0.255 e. The molecule has 2 heterocycles. The van der Waals surface area contributed by atoms with Crippen molar-refractivity contribution in [3.8, 4) is 0 Å². The summed E-state index contributed by atoms with van der Waals surface area (Å²) in [7, 11) is 1.85. The van der Waals surface area contributed by atoms with E-state index >= 15 is 0 Å². The fourth-order valence-corrected chi connectivity index (χ4v) is 3.29. The lowest BCUT2D eigenvalue weighted by atomic mass is 10.1. The van der Waals surface area contributed by atoms with Gasteiger partial charge < -0.3 is 10.1 Å². The van der Waals surface area contributed by atoms with Crippen molar-refractivity contribution >= 4 is 5.91 Å². The van der Waals surface area contributed by atoms with Crippen LogP contribution in [0.4, 0.5) is 0 Å². The van der Waals surface area contributed by atoms with Crippen LogP contribution in [0.15, 0.2) is 30.3 Å². The molecule has 0 saturated carbocycles. The summed E-state index contributed by atoms with van der Waals surface area (Å²) in [5.74, 6) is -0.0770. The van der Waals surface area contributed by atoms with E-state index in [0.29, 0.717) is 18.7 Å². The first-order valence-corrected chi connectivity index (χ1v) is 8.71. The van der Waals surface area contributed by atoms with E-state index in [0.717, 1.165) is 31.0 Å². The number of benzene rings is 1. The van der Waals surface area contributed by atoms with Crippen LogP contribution in [0.2, 0.25) is 0 Å². The molecule has 1 aromatic heterocycles. The lowest BCUT2D eigenvalue weighted by Crippen LogP contribution is -2.47. The number of hydrogen-bond acceptors (Lipinski definition) is 4. The maximum atomic E-state index is 12.5. The Morgan fingerprint density at radius 3 is 2.76 bits per heavy atom. The number of aryl methyl sites for hydroxylation is 2. The molecule has 134 valence electrons. The largest absolute Gasteiger partial charge is 0.374 e. The summed E-state index contributed by atoms with van der Waals surface area (Å²) >= 11 is 0. The maximum Gasteiger partial charge on any atom is 0.255 e. The minimum atomic E-state index is -0.0770. The molecule has 1 N–H and O–H groups in total. The zero-order valence-electron chi connectivity index (χ0n) is 15.2. The molecule has 1 aliphatic heterocycles. The zero-order valence-corrected chi connectivity index (χ0v) is 15.2. The fraction of sp³-hybridized carbons (Fsp3) is 0.474. The molecule has 0 bridgehead atoms. The highest BCUT2D eigenvalue weighted by atomic mass is 16.5. The highest BCUT2D eigenvalue weighted by molar-refractivity contribution is 5.96. The van der Waals surface area contributed by atoms with Crippen LogP contribution in [-0.2, 0) is 18.3 Å². The molecule has 0 aliphatic carbocycles. The fourth-order valence-electron chi connectivity index (χ4n) is 3.29. The number of nitrogens with zero attached hydrogens (tertiary/aromatic N) is 3. The number of morpholine rings is 1. The topological polar surface area (TPSA) is 59.4 Å². The monoisotopic (exact) mass is 342 g/mol. The van der Waals surface area contributed by atoms with Gasteiger partial charge in [-0.15, -0.1) is 0 Å². The van der Waals surface area contributed by atoms with Crippen LogP contribution in [0, 0.1) is 13.8 Å². The first-order valence-electron chi connectivity index (χ1n) is 8.71. The number of hydrogen-bond donors (Lipinski definition) is 1. The Hall–Kier alpha value is -2.18. The lowest BCUT2D eigenvalue weighted by molar-refractivity contribution is -0.0292. The number of aromatic nitrogens is 2. The van der Waals surface area contributed by atoms with Crippen molar-refractivity contribution in [1.29, 1.82) is 0 Å². The SMILES string of the molecule is Cc1nn(C)c(C)c1C(=O)NCC1CN(Cc2ccccc2)CCO1. The minimum Gasteiger partial charge on any atom is -0.374 e. The van der Waals surface area contributed by atoms with Crippen LogP contribution < -0.4 is 5.32 Å². The Kier molecular flexibility index (Phi) is 5.50. The van der Waals surface area contributed by atoms with Crippen molar-refractivity contribution in [2.24, 2.45) is 7.05 Å². The predicted octanol–water partition coefficient (Wildman–Crippen LogP) is 1.67. The number of rotatable bonds is 5. The van der Waals surface area contributed by atoms with Crippen LogP contribution in [0.5, 0.6) is 0 Å². The molecular formula is C19H26N4O2. The van der Waals surface area contributed by atoms with Crippen molar-refractivity contribution in [1.82, 2.24) is 20.0 Å². The van der Waals surface area contributed by atoms with Gasteiger partial charge in [-0.3, -0.25) is 14.4 Å². The third-order valence-electron chi connectivity index (χ3n) is 4.70. The van der Waals surface area contributed by atoms with Crippen LogP contribution in [0.1, 0.15) is 27.3 Å². The summed E-state index contributed by atoms with van der Waals surface area (Å²) in [5, 5.41) is 7.31. The molecule has 1 saturated heterocycles. The zero-order chi connectivity index (χ0) is 17.8. The Morgan fingerprint density at radius 1 is 1.32 bits per heavy atom. The van der Waals surface area contributed by atoms with Crippen molar-refractivity contribution in [2.75, 3.05) is 26.2 Å². The van der Waals surface area contributed by atoms with E-state index in [1.54, 1.807) is 4.68 Å². The molecule has 0 radical (unpaired) electrons. The second-order valence-electron chi connectivity index (χ2n) is 6.59. The molecule has 0 spiro atoms. The van der Waals surface area contributed by atoms with Crippen molar-refractivity contribution in [2.45, 2.75) is 26.5 Å². The second-order valence-corrected chi connectivity index (χ2v) is 6.59. The summed E-state index contributed by atoms with van der Waals surface area (Å²) in [6, 6.07) is 10.4. The van der Waals surface area contributed by atoms with Gasteiger partial charge in [0, 0.05) is 38.9 Å². The van der Waals surface area contributed by atoms with Gasteiger partial charge in [0.1, 0.15) is 0 Å². The van der Waals surface area contributed by atoms with Crippen molar-refractivity contribution < 1.29 is 9.53 Å². The molecule has 2 aromatic rings. The van der Waals surface area contributed by atoms with E-state index in [4.69, 9.17) is 4.74 Å². The predicted molar refractivity (Wildman–Crippen MR) is 96.5 cm³/mol. The molecular weight excluding hydrogens is 316 g/mol. The van der Waals surface area contributed by atoms with Gasteiger partial charge in [-0.25, -0.2) is 0 Å². The highest BCUT2D eigenvalue weighted by Gasteiger charge is 2.23. The van der Waals surface area contributed by atoms with Crippen LogP contribution >= 0.6 is 0 Å². The number of carbonyl (C=O) groups is 1. The van der Waals surface area contributed by atoms with Gasteiger partial charge in [-0.1, -0.05) is 30.3 Å². The molecule has 6 heteroatoms. The van der Waals surface area contributed by atoms with Crippen LogP contribution in [-0.4, -0.2) is 52.9 Å². The summed E-state index contributed by atoms with van der Waals surface area (Å²) < 4.78 is 7.56. The highest BCUT2D eigenvalue weighted by Crippen LogP contribution is 2.13. The molecule has 1 unspecified atom stereocenters. The minimum absolute atomic E-state index is 0.0127. The van der Waals surface area contributed by atoms with E-state index in [9.17, 15) is 4.79 Å². The molecule has 1 amide bonds. The van der Waals surface area contributed by atoms with Gasteiger partial charge in [0.2, 0.25) is 0 Å². The van der Waals surface area contributed by atoms with E-state index < -0.39 is 0 Å². The van der Waals surface area contributed by atoms with Gasteiger partial charge in [-0.05, 0) is 19.4 Å². The van der Waals surface area contributed by atoms with Gasteiger partial charge in [0.15, 0.2) is 0 Å². The Morgan fingerprint density at radius 2 is 2.08 bits per heavy atom. The summed E-state index contributed by atoms with van der Waals surface area (Å²) in [6.07, 6.45) is 0.0127. The number of carbonyl (C=O) groups excluding carboxylic acids is 1. The van der Waals surface area contributed by atoms with E-state index in [2.05, 4.69) is 39.6 Å². The Balaban J connectivity index is 1.53. The first kappa shape index (κ1) is 17.6. The Bertz CT molecular complexity index is 727.